The first-order chi connectivity index (χ1) is 13.1. The minimum Gasteiger partial charge on any atom is -0.372 e. The molecule has 1 atom stereocenters. The number of ether oxygens (including phenoxy) is 2. The second-order valence-electron chi connectivity index (χ2n) is 7.23. The number of benzene rings is 1. The van der Waals surface area contributed by atoms with Gasteiger partial charge in [0.2, 0.25) is 0 Å². The van der Waals surface area contributed by atoms with Crippen LogP contribution in [0.15, 0.2) is 36.5 Å². The Morgan fingerprint density at radius 3 is 2.70 bits per heavy atom. The van der Waals surface area contributed by atoms with Crippen molar-refractivity contribution >= 4 is 5.91 Å². The predicted molar refractivity (Wildman–Crippen MR) is 101 cm³/mol. The van der Waals surface area contributed by atoms with Crippen LogP contribution < -0.4 is 0 Å². The van der Waals surface area contributed by atoms with Crippen molar-refractivity contribution in [2.45, 2.75) is 37.9 Å². The van der Waals surface area contributed by atoms with E-state index in [2.05, 4.69) is 4.98 Å². The Morgan fingerprint density at radius 2 is 2.00 bits per heavy atom. The van der Waals surface area contributed by atoms with Crippen molar-refractivity contribution in [3.8, 4) is 11.4 Å². The van der Waals surface area contributed by atoms with Gasteiger partial charge in [-0.15, -0.1) is 0 Å². The van der Waals surface area contributed by atoms with Crippen molar-refractivity contribution in [1.82, 2.24) is 14.9 Å². The van der Waals surface area contributed by atoms with Gasteiger partial charge in [0, 0.05) is 32.0 Å². The lowest BCUT2D eigenvalue weighted by atomic mass is 9.83. The zero-order valence-corrected chi connectivity index (χ0v) is 15.9. The summed E-state index contributed by atoms with van der Waals surface area (Å²) in [6.45, 7) is 3.76. The minimum absolute atomic E-state index is 0.0380. The molecule has 0 aliphatic carbocycles. The summed E-state index contributed by atoms with van der Waals surface area (Å²) in [5.41, 5.74) is 2.73. The van der Waals surface area contributed by atoms with Crippen LogP contribution in [0.2, 0.25) is 0 Å². The topological polar surface area (TPSA) is 64.5 Å². The minimum atomic E-state index is -0.423. The largest absolute Gasteiger partial charge is 0.372 e. The summed E-state index contributed by atoms with van der Waals surface area (Å²) in [6.07, 6.45) is 3.85. The molecule has 0 saturated carbocycles. The van der Waals surface area contributed by atoms with Gasteiger partial charge in [-0.3, -0.25) is 4.79 Å². The number of aromatic nitrogens is 2. The van der Waals surface area contributed by atoms with Gasteiger partial charge < -0.3 is 14.4 Å². The molecule has 6 nitrogen and oxygen atoms in total. The maximum Gasteiger partial charge on any atom is 0.251 e. The number of methoxy groups -OCH3 is 1. The number of rotatable bonds is 3. The molecule has 1 aromatic carbocycles. The molecule has 1 fully saturated rings. The van der Waals surface area contributed by atoms with E-state index in [0.717, 1.165) is 41.9 Å². The molecule has 2 aliphatic rings. The molecule has 1 saturated heterocycles. The second kappa shape index (κ2) is 7.37. The van der Waals surface area contributed by atoms with Crippen LogP contribution in [0.3, 0.4) is 0 Å². The first-order valence-electron chi connectivity index (χ1n) is 9.50. The number of piperidine rings is 1. The van der Waals surface area contributed by atoms with Crippen LogP contribution in [0.5, 0.6) is 0 Å². The van der Waals surface area contributed by atoms with Crippen molar-refractivity contribution in [2.24, 2.45) is 0 Å². The predicted octanol–water partition coefficient (Wildman–Crippen LogP) is 2.57. The molecular weight excluding hydrogens is 342 g/mol. The number of nitrogens with zero attached hydrogens (tertiary/aromatic N) is 3. The molecule has 1 spiro atoms. The van der Waals surface area contributed by atoms with Gasteiger partial charge in [0.05, 0.1) is 12.3 Å². The van der Waals surface area contributed by atoms with E-state index in [9.17, 15) is 4.79 Å². The van der Waals surface area contributed by atoms with Crippen molar-refractivity contribution in [2.75, 3.05) is 26.8 Å². The van der Waals surface area contributed by atoms with Crippen molar-refractivity contribution in [3.05, 3.63) is 47.8 Å². The lowest BCUT2D eigenvalue weighted by Gasteiger charge is -2.44. The Morgan fingerprint density at radius 1 is 1.26 bits per heavy atom. The van der Waals surface area contributed by atoms with Gasteiger partial charge >= 0.3 is 0 Å². The van der Waals surface area contributed by atoms with E-state index in [1.54, 1.807) is 14.0 Å². The van der Waals surface area contributed by atoms with Gasteiger partial charge in [-0.2, -0.15) is 0 Å². The molecule has 0 N–H and O–H groups in total. The summed E-state index contributed by atoms with van der Waals surface area (Å²) in [7, 11) is 1.57. The maximum atomic E-state index is 12.4. The smallest absolute Gasteiger partial charge is 0.251 e. The van der Waals surface area contributed by atoms with E-state index in [1.165, 1.54) is 0 Å². The molecule has 3 heterocycles. The highest BCUT2D eigenvalue weighted by molar-refractivity contribution is 5.80. The Balaban J connectivity index is 1.61. The van der Waals surface area contributed by atoms with Gasteiger partial charge in [-0.25, -0.2) is 9.97 Å². The third-order valence-electron chi connectivity index (χ3n) is 5.66. The molecule has 2 aromatic rings. The SMILES string of the molecule is COC(C)C(=O)N1CCC2(CC1)OCCc1cnc(-c3ccccc3)nc12. The number of likely N-dealkylation sites (tertiary alicyclic amines) is 1. The summed E-state index contributed by atoms with van der Waals surface area (Å²) < 4.78 is 11.5. The summed E-state index contributed by atoms with van der Waals surface area (Å²) >= 11 is 0. The fourth-order valence-electron chi connectivity index (χ4n) is 3.96. The molecule has 6 heteroatoms. The molecule has 27 heavy (non-hydrogen) atoms. The molecule has 4 rings (SSSR count). The van der Waals surface area contributed by atoms with E-state index in [4.69, 9.17) is 14.5 Å². The quantitative estimate of drug-likeness (QED) is 0.834. The van der Waals surface area contributed by atoms with Crippen LogP contribution >= 0.6 is 0 Å². The van der Waals surface area contributed by atoms with Crippen molar-refractivity contribution in [3.63, 3.8) is 0 Å². The molecule has 1 aromatic heterocycles. The molecular formula is C21H25N3O3. The lowest BCUT2D eigenvalue weighted by Crippen LogP contribution is -2.51. The monoisotopic (exact) mass is 367 g/mol. The van der Waals surface area contributed by atoms with Gasteiger partial charge in [0.25, 0.3) is 5.91 Å². The van der Waals surface area contributed by atoms with Gasteiger partial charge in [0.15, 0.2) is 5.82 Å². The lowest BCUT2D eigenvalue weighted by molar-refractivity contribution is -0.150. The first-order valence-corrected chi connectivity index (χ1v) is 9.50. The maximum absolute atomic E-state index is 12.4. The number of hydrogen-bond donors (Lipinski definition) is 0. The van der Waals surface area contributed by atoms with E-state index in [-0.39, 0.29) is 5.91 Å². The third kappa shape index (κ3) is 3.35. The van der Waals surface area contributed by atoms with E-state index < -0.39 is 11.7 Å². The average Bonchev–Trinajstić information content (AvgIpc) is 2.74. The molecule has 1 amide bonds. The van der Waals surface area contributed by atoms with Crippen LogP contribution in [0.25, 0.3) is 11.4 Å². The van der Waals surface area contributed by atoms with Crippen LogP contribution in [0.1, 0.15) is 31.0 Å². The first kappa shape index (κ1) is 18.1. The molecule has 0 radical (unpaired) electrons. The number of fused-ring (bicyclic) bond motifs is 2. The van der Waals surface area contributed by atoms with Crippen LogP contribution in [-0.2, 0) is 26.3 Å². The average molecular weight is 367 g/mol. The fraction of sp³-hybridized carbons (Fsp3) is 0.476. The highest BCUT2D eigenvalue weighted by Gasteiger charge is 2.43. The van der Waals surface area contributed by atoms with E-state index in [0.29, 0.717) is 19.7 Å². The summed E-state index contributed by atoms with van der Waals surface area (Å²) in [5.74, 6) is 0.766. The number of hydrogen-bond acceptors (Lipinski definition) is 5. The summed E-state index contributed by atoms with van der Waals surface area (Å²) in [4.78, 5) is 23.8. The molecule has 1 unspecified atom stereocenters. The summed E-state index contributed by atoms with van der Waals surface area (Å²) in [6, 6.07) is 10.0. The number of carbonyl (C=O) groups excluding carboxylic acids is 1. The Labute approximate surface area is 159 Å². The zero-order chi connectivity index (χ0) is 18.9. The highest BCUT2D eigenvalue weighted by atomic mass is 16.5. The molecule has 0 bridgehead atoms. The van der Waals surface area contributed by atoms with Gasteiger partial charge in [-0.05, 0) is 31.7 Å². The normalized spacial score (nSPS) is 19.6. The van der Waals surface area contributed by atoms with Crippen LogP contribution in [0, 0.1) is 0 Å². The Hall–Kier alpha value is -2.31. The van der Waals surface area contributed by atoms with Gasteiger partial charge in [-0.1, -0.05) is 30.3 Å². The van der Waals surface area contributed by atoms with Crippen molar-refractivity contribution in [1.29, 1.82) is 0 Å². The molecule has 2 aliphatic heterocycles. The van der Waals surface area contributed by atoms with E-state index in [1.807, 2.05) is 41.4 Å². The fourth-order valence-corrected chi connectivity index (χ4v) is 3.96. The van der Waals surface area contributed by atoms with Crippen LogP contribution in [0.4, 0.5) is 0 Å². The number of carbonyl (C=O) groups is 1. The number of amides is 1. The second-order valence-corrected chi connectivity index (χ2v) is 7.23. The molecule has 142 valence electrons. The Bertz CT molecular complexity index is 817. The standard InChI is InChI=1S/C21H25N3O3/c1-15(26-2)20(25)24-11-9-21(10-12-24)18-17(8-13-27-21)14-22-19(23-18)16-6-4-3-5-7-16/h3-7,14-15H,8-13H2,1-2H3. The van der Waals surface area contributed by atoms with Gasteiger partial charge in [0.1, 0.15) is 11.7 Å². The Kier molecular flexibility index (Phi) is 4.93. The van der Waals surface area contributed by atoms with Crippen molar-refractivity contribution < 1.29 is 14.3 Å². The highest BCUT2D eigenvalue weighted by Crippen LogP contribution is 2.41. The van der Waals surface area contributed by atoms with Crippen LogP contribution in [-0.4, -0.2) is 53.7 Å². The summed E-state index contributed by atoms with van der Waals surface area (Å²) in [5, 5.41) is 0. The van der Waals surface area contributed by atoms with E-state index >= 15 is 0 Å². The zero-order valence-electron chi connectivity index (χ0n) is 15.9. The third-order valence-corrected chi connectivity index (χ3v) is 5.66.